The van der Waals surface area contributed by atoms with Gasteiger partial charge in [0.2, 0.25) is 5.71 Å². The molecular weight excluding hydrogens is 619 g/mol. The van der Waals surface area contributed by atoms with Crippen LogP contribution < -0.4 is 0 Å². The van der Waals surface area contributed by atoms with Crippen LogP contribution in [0.15, 0.2) is 161 Å². The average molecular weight is 644 g/mol. The maximum Gasteiger partial charge on any atom is 0.246 e. The fraction of sp³-hybridized carbons (Fsp3) is 0. The second-order valence-electron chi connectivity index (χ2n) is 12.1. The Morgan fingerprint density at radius 2 is 0.960 bits per heavy atom. The van der Waals surface area contributed by atoms with Crippen LogP contribution >= 0.6 is 0 Å². The van der Waals surface area contributed by atoms with Crippen LogP contribution in [0.2, 0.25) is 0 Å². The number of aromatic nitrogens is 5. The summed E-state index contributed by atoms with van der Waals surface area (Å²) in [7, 11) is 0. The molecule has 0 spiro atoms. The molecule has 10 aromatic rings. The van der Waals surface area contributed by atoms with Gasteiger partial charge in [-0.1, -0.05) is 109 Å². The van der Waals surface area contributed by atoms with E-state index in [0.29, 0.717) is 34.3 Å². The topological polar surface area (TPSA) is 90.7 Å². The van der Waals surface area contributed by atoms with Gasteiger partial charge >= 0.3 is 0 Å². The van der Waals surface area contributed by atoms with Crippen molar-refractivity contribution in [2.24, 2.45) is 0 Å². The first-order valence-electron chi connectivity index (χ1n) is 16.3. The highest BCUT2D eigenvalue weighted by Gasteiger charge is 2.21. The molecule has 0 amide bonds. The van der Waals surface area contributed by atoms with E-state index in [1.54, 1.807) is 12.4 Å². The Kier molecular flexibility index (Phi) is 6.35. The Balaban J connectivity index is 1.20. The minimum Gasteiger partial charge on any atom is -0.456 e. The number of hydrogen-bond donors (Lipinski definition) is 0. The zero-order chi connectivity index (χ0) is 33.0. The van der Waals surface area contributed by atoms with Crippen LogP contribution in [-0.2, 0) is 0 Å². The van der Waals surface area contributed by atoms with Gasteiger partial charge in [0.15, 0.2) is 17.5 Å². The van der Waals surface area contributed by atoms with Crippen LogP contribution in [0, 0.1) is 0 Å². The Morgan fingerprint density at radius 3 is 1.76 bits per heavy atom. The van der Waals surface area contributed by atoms with E-state index in [2.05, 4.69) is 76.7 Å². The highest BCUT2D eigenvalue weighted by molar-refractivity contribution is 6.10. The molecule has 0 aliphatic rings. The maximum atomic E-state index is 6.41. The number of benzene rings is 6. The molecule has 7 heteroatoms. The van der Waals surface area contributed by atoms with E-state index in [-0.39, 0.29) is 0 Å². The summed E-state index contributed by atoms with van der Waals surface area (Å²) in [6.45, 7) is 0. The monoisotopic (exact) mass is 643 g/mol. The van der Waals surface area contributed by atoms with Crippen molar-refractivity contribution >= 4 is 44.1 Å². The molecule has 0 aliphatic carbocycles. The Labute approximate surface area is 285 Å². The summed E-state index contributed by atoms with van der Waals surface area (Å²) in [6.07, 6.45) is 3.32. The Hall–Kier alpha value is -6.99. The van der Waals surface area contributed by atoms with Gasteiger partial charge in [-0.25, -0.2) is 24.9 Å². The summed E-state index contributed by atoms with van der Waals surface area (Å²) in [5, 5.41) is 2.94. The molecule has 0 N–H and O–H groups in total. The molecule has 4 aromatic heterocycles. The predicted molar refractivity (Wildman–Crippen MR) is 197 cm³/mol. The molecular formula is C43H25N5O2. The minimum atomic E-state index is 0.450. The van der Waals surface area contributed by atoms with Crippen molar-refractivity contribution in [2.45, 2.75) is 0 Å². The smallest absolute Gasteiger partial charge is 0.246 e. The van der Waals surface area contributed by atoms with Crippen LogP contribution in [0.1, 0.15) is 0 Å². The zero-order valence-corrected chi connectivity index (χ0v) is 26.5. The van der Waals surface area contributed by atoms with Gasteiger partial charge in [-0.3, -0.25) is 0 Å². The first-order chi connectivity index (χ1) is 24.7. The van der Waals surface area contributed by atoms with Gasteiger partial charge in [0, 0.05) is 39.7 Å². The lowest BCUT2D eigenvalue weighted by Gasteiger charge is -2.11. The van der Waals surface area contributed by atoms with E-state index in [9.17, 15) is 0 Å². The van der Waals surface area contributed by atoms with Gasteiger partial charge in [-0.05, 0) is 52.6 Å². The zero-order valence-electron chi connectivity index (χ0n) is 26.5. The summed E-state index contributed by atoms with van der Waals surface area (Å²) in [5.41, 5.74) is 10.2. The quantitative estimate of drug-likeness (QED) is 0.184. The normalized spacial score (nSPS) is 11.6. The van der Waals surface area contributed by atoms with E-state index >= 15 is 0 Å². The summed E-state index contributed by atoms with van der Waals surface area (Å²) in [6, 6.07) is 47.1. The van der Waals surface area contributed by atoms with Gasteiger partial charge in [0.05, 0.1) is 5.56 Å². The number of rotatable bonds is 5. The van der Waals surface area contributed by atoms with E-state index < -0.39 is 0 Å². The van der Waals surface area contributed by atoms with Crippen molar-refractivity contribution in [1.82, 2.24) is 24.9 Å². The van der Waals surface area contributed by atoms with Crippen molar-refractivity contribution in [2.75, 3.05) is 0 Å². The molecule has 0 radical (unpaired) electrons. The largest absolute Gasteiger partial charge is 0.456 e. The van der Waals surface area contributed by atoms with E-state index in [1.165, 1.54) is 0 Å². The molecule has 0 unspecified atom stereocenters. The van der Waals surface area contributed by atoms with E-state index in [4.69, 9.17) is 23.8 Å². The van der Waals surface area contributed by atoms with Crippen molar-refractivity contribution in [3.8, 4) is 56.4 Å². The maximum absolute atomic E-state index is 6.41. The van der Waals surface area contributed by atoms with Crippen molar-refractivity contribution in [3.63, 3.8) is 0 Å². The Morgan fingerprint density at radius 1 is 0.380 bits per heavy atom. The Bertz CT molecular complexity index is 2860. The third kappa shape index (κ3) is 4.71. The third-order valence-electron chi connectivity index (χ3n) is 9.08. The molecule has 0 atom stereocenters. The average Bonchev–Trinajstić information content (AvgIpc) is 3.76. The van der Waals surface area contributed by atoms with Crippen LogP contribution in [0.25, 0.3) is 101 Å². The lowest BCUT2D eigenvalue weighted by Crippen LogP contribution is -2.00. The lowest BCUT2D eigenvalue weighted by molar-refractivity contribution is 0.653. The number of hydrogen-bond acceptors (Lipinski definition) is 7. The molecule has 4 heterocycles. The highest BCUT2D eigenvalue weighted by Crippen LogP contribution is 2.40. The molecule has 50 heavy (non-hydrogen) atoms. The first-order valence-corrected chi connectivity index (χ1v) is 16.3. The third-order valence-corrected chi connectivity index (χ3v) is 9.08. The molecule has 7 nitrogen and oxygen atoms in total. The molecule has 234 valence electrons. The van der Waals surface area contributed by atoms with Crippen LogP contribution in [0.5, 0.6) is 0 Å². The summed E-state index contributed by atoms with van der Waals surface area (Å²) < 4.78 is 12.5. The SMILES string of the molecule is c1ccc(-c2ccc(-c3nc(-c4ccccc4)nc(-c4cc(-c5ccc6oc7ccccc7c6c5)cc5c4oc4nccnc45)n3)cc2)cc1. The summed E-state index contributed by atoms with van der Waals surface area (Å²) in [4.78, 5) is 24.3. The van der Waals surface area contributed by atoms with E-state index in [1.807, 2.05) is 72.8 Å². The fourth-order valence-electron chi connectivity index (χ4n) is 6.62. The van der Waals surface area contributed by atoms with Crippen LogP contribution in [0.3, 0.4) is 0 Å². The summed E-state index contributed by atoms with van der Waals surface area (Å²) >= 11 is 0. The second-order valence-corrected chi connectivity index (χ2v) is 12.1. The van der Waals surface area contributed by atoms with Gasteiger partial charge < -0.3 is 8.83 Å². The van der Waals surface area contributed by atoms with Gasteiger partial charge in [0.1, 0.15) is 22.3 Å². The molecule has 0 fully saturated rings. The molecule has 0 saturated heterocycles. The number of nitrogens with zero attached hydrogens (tertiary/aromatic N) is 5. The fourth-order valence-corrected chi connectivity index (χ4v) is 6.62. The van der Waals surface area contributed by atoms with E-state index in [0.717, 1.165) is 66.3 Å². The van der Waals surface area contributed by atoms with Crippen molar-refractivity contribution < 1.29 is 8.83 Å². The molecule has 6 aromatic carbocycles. The lowest BCUT2D eigenvalue weighted by atomic mass is 9.98. The predicted octanol–water partition coefficient (Wildman–Crippen LogP) is 10.8. The molecule has 0 aliphatic heterocycles. The summed E-state index contributed by atoms with van der Waals surface area (Å²) in [5.74, 6) is 1.61. The van der Waals surface area contributed by atoms with Crippen molar-refractivity contribution in [1.29, 1.82) is 0 Å². The first kappa shape index (κ1) is 28.1. The number of para-hydroxylation sites is 1. The molecule has 10 rings (SSSR count). The number of fused-ring (bicyclic) bond motifs is 6. The van der Waals surface area contributed by atoms with Gasteiger partial charge in [-0.15, -0.1) is 0 Å². The second kappa shape index (κ2) is 11.3. The molecule has 0 saturated carbocycles. The molecule has 0 bridgehead atoms. The van der Waals surface area contributed by atoms with Crippen LogP contribution in [0.4, 0.5) is 0 Å². The van der Waals surface area contributed by atoms with Crippen LogP contribution in [-0.4, -0.2) is 24.9 Å². The number of furan rings is 2. The minimum absolute atomic E-state index is 0.450. The standard InChI is InChI=1S/C43H25N5O2/c1-3-9-26(10-4-1)27-15-17-29(18-16-27)41-46-40(28-11-5-2-6-12-28)47-42(48-41)35-25-31(24-34-38-43(50-39(34)35)45-22-21-44-38)30-19-20-37-33(23-30)32-13-7-8-14-36(32)49-37/h1-25H. The highest BCUT2D eigenvalue weighted by atomic mass is 16.3. The van der Waals surface area contributed by atoms with Gasteiger partial charge in [-0.2, -0.15) is 0 Å². The van der Waals surface area contributed by atoms with Crippen molar-refractivity contribution in [3.05, 3.63) is 152 Å². The van der Waals surface area contributed by atoms with Gasteiger partial charge in [0.25, 0.3) is 0 Å².